The van der Waals surface area contributed by atoms with Gasteiger partial charge in [-0.1, -0.05) is 25.5 Å². The number of carbonyl (C=O) groups is 6. The summed E-state index contributed by atoms with van der Waals surface area (Å²) < 4.78 is 78.7. The number of aromatic nitrogens is 2. The van der Waals surface area contributed by atoms with Crippen LogP contribution in [0.5, 0.6) is 11.5 Å². The number of halogens is 2. The Bertz CT molecular complexity index is 3680. The van der Waals surface area contributed by atoms with Crippen LogP contribution < -0.4 is 40.8 Å². The van der Waals surface area contributed by atoms with Crippen LogP contribution in [0.1, 0.15) is 125 Å². The Morgan fingerprint density at radius 1 is 0.707 bits per heavy atom. The molecule has 26 heteroatoms. The maximum Gasteiger partial charge on any atom is 0.511 e. The number of nitrogens with zero attached hydrogens (tertiary/aromatic N) is 4. The highest BCUT2D eigenvalue weighted by atomic mass is 19.1. The number of fused-ring (bicyclic) bond motifs is 7. The average Bonchev–Trinajstić information content (AvgIpc) is 1.70. The lowest BCUT2D eigenvalue weighted by atomic mass is 9.46. The van der Waals surface area contributed by atoms with E-state index in [2.05, 4.69) is 10.6 Å². The van der Waals surface area contributed by atoms with E-state index in [0.717, 1.165) is 17.7 Å². The third-order valence-corrected chi connectivity index (χ3v) is 20.7. The summed E-state index contributed by atoms with van der Waals surface area (Å²) >= 11 is 0. The Kier molecular flexibility index (Phi) is 17.6. The minimum absolute atomic E-state index is 0.0244. The fraction of sp³-hybridized carbons (Fsp3) is 0.576. The zero-order valence-corrected chi connectivity index (χ0v) is 52.4. The average molecular weight is 1280 g/mol. The Hall–Kier alpha value is -7.94. The van der Waals surface area contributed by atoms with Gasteiger partial charge < -0.3 is 77.7 Å². The van der Waals surface area contributed by atoms with Gasteiger partial charge in [0.25, 0.3) is 0 Å². The zero-order valence-electron chi connectivity index (χ0n) is 52.4. The van der Waals surface area contributed by atoms with E-state index in [9.17, 15) is 48.6 Å². The number of esters is 2. The van der Waals surface area contributed by atoms with Gasteiger partial charge in [-0.3, -0.25) is 19.2 Å². The van der Waals surface area contributed by atoms with Crippen molar-refractivity contribution < 1.29 is 85.7 Å². The number of pyridine rings is 2. The molecule has 9 atom stereocenters. The predicted molar refractivity (Wildman–Crippen MR) is 327 cm³/mol. The van der Waals surface area contributed by atoms with Crippen molar-refractivity contribution in [1.82, 2.24) is 19.8 Å². The van der Waals surface area contributed by atoms with Crippen LogP contribution in [0.25, 0.3) is 21.8 Å². The van der Waals surface area contributed by atoms with Crippen molar-refractivity contribution in [3.8, 4) is 11.5 Å². The van der Waals surface area contributed by atoms with Crippen LogP contribution in [0.3, 0.4) is 0 Å². The molecule has 6 aliphatic carbocycles. The van der Waals surface area contributed by atoms with E-state index in [0.29, 0.717) is 95.2 Å². The maximum atomic E-state index is 16.1. The molecule has 4 N–H and O–H groups in total. The highest BCUT2D eigenvalue weighted by Crippen LogP contribution is 2.67. The van der Waals surface area contributed by atoms with Gasteiger partial charge in [0.15, 0.2) is 34.7 Å². The van der Waals surface area contributed by atoms with E-state index >= 15 is 8.78 Å². The number of piperazine rings is 2. The van der Waals surface area contributed by atoms with Crippen LogP contribution in [0.2, 0.25) is 0 Å². The molecule has 494 valence electrons. The molecule has 24 nitrogen and oxygen atoms in total. The van der Waals surface area contributed by atoms with E-state index in [1.54, 1.807) is 22.1 Å². The van der Waals surface area contributed by atoms with Gasteiger partial charge in [0.2, 0.25) is 24.4 Å². The van der Waals surface area contributed by atoms with E-state index in [1.807, 2.05) is 36.6 Å². The van der Waals surface area contributed by atoms with Gasteiger partial charge in [0.05, 0.1) is 42.1 Å². The number of methoxy groups -OCH3 is 2. The lowest BCUT2D eigenvalue weighted by Crippen LogP contribution is -2.61. The molecule has 5 saturated carbocycles. The number of rotatable bonds is 19. The molecule has 7 fully saturated rings. The molecule has 2 aromatic carbocycles. The predicted octanol–water partition coefficient (Wildman–Crippen LogP) is 6.70. The lowest BCUT2D eigenvalue weighted by Gasteiger charge is -2.59. The second-order valence-corrected chi connectivity index (χ2v) is 26.5. The van der Waals surface area contributed by atoms with E-state index in [4.69, 9.17) is 37.9 Å². The lowest BCUT2D eigenvalue weighted by molar-refractivity contribution is -0.177. The molecule has 0 radical (unpaired) electrons. The van der Waals surface area contributed by atoms with Crippen molar-refractivity contribution in [3.05, 3.63) is 91.5 Å². The standard InChI is InChI=1S/C66H78F2N6O18/c1-34-26-71(19-17-69-34)54-47(67)23-42-52(58(54)85-5)73(38-8-9-38)28-44(56(42)78)60(80)89-32-91-62(82)87-30-36(21-50(77)66(84)16-14-46-41-12-7-37-22-40(75)13-15-64(37,3)51(41)49(76)25-65(46,66)4)31-88-63(83)92-33-90-61(81)45-29-74(39-10-11-39)53-43(57(45)79)24-48(68)55(59(53)86-6)72-20-18-70-35(2)27-72/h13,15,22-24,28-29,34-36,38-39,41,46,49,51,69-70,76,84H,7-12,14,16-21,25-27,30-33H2,1-6H3/t34?,35?,36?,41-,46-,49-,51?,64-,65-,66-/m1/s1. The first-order valence-corrected chi connectivity index (χ1v) is 31.7. The van der Waals surface area contributed by atoms with Crippen molar-refractivity contribution in [3.63, 3.8) is 0 Å². The summed E-state index contributed by atoms with van der Waals surface area (Å²) in [4.78, 5) is 113. The fourth-order valence-electron chi connectivity index (χ4n) is 16.0. The number of carbonyl (C=O) groups excluding carboxylic acids is 6. The topological polar surface area (TPSA) is 291 Å². The molecule has 2 saturated heterocycles. The first-order valence-electron chi connectivity index (χ1n) is 31.7. The highest BCUT2D eigenvalue weighted by molar-refractivity contribution is 6.02. The van der Waals surface area contributed by atoms with E-state index in [1.165, 1.54) is 32.7 Å². The van der Waals surface area contributed by atoms with Gasteiger partial charge in [-0.15, -0.1) is 0 Å². The molecule has 0 spiro atoms. The van der Waals surface area contributed by atoms with E-state index in [-0.39, 0.29) is 94.2 Å². The Morgan fingerprint density at radius 2 is 1.21 bits per heavy atom. The van der Waals surface area contributed by atoms with E-state index < -0.39 is 125 Å². The molecule has 0 bridgehead atoms. The number of ketones is 2. The van der Waals surface area contributed by atoms with Crippen molar-refractivity contribution in [2.75, 3.05) is 90.1 Å². The van der Waals surface area contributed by atoms with Gasteiger partial charge in [-0.2, -0.15) is 0 Å². The third-order valence-electron chi connectivity index (χ3n) is 20.7. The second kappa shape index (κ2) is 25.2. The number of aliphatic hydroxyl groups is 2. The van der Waals surface area contributed by atoms with Crippen LogP contribution in [-0.2, 0) is 38.0 Å². The van der Waals surface area contributed by atoms with Gasteiger partial charge in [0.1, 0.15) is 41.3 Å². The van der Waals surface area contributed by atoms with Gasteiger partial charge in [-0.05, 0) is 108 Å². The van der Waals surface area contributed by atoms with Gasteiger partial charge in [0, 0.05) is 105 Å². The van der Waals surface area contributed by atoms with Crippen molar-refractivity contribution >= 4 is 69.0 Å². The molecule has 8 aliphatic rings. The Balaban J connectivity index is 0.725. The minimum atomic E-state index is -2.02. The summed E-state index contributed by atoms with van der Waals surface area (Å²) in [6.45, 7) is 7.31. The highest BCUT2D eigenvalue weighted by Gasteiger charge is 2.68. The van der Waals surface area contributed by atoms with Crippen molar-refractivity contribution in [2.45, 2.75) is 128 Å². The molecule has 12 rings (SSSR count). The van der Waals surface area contributed by atoms with Crippen LogP contribution in [-0.4, -0.2) is 159 Å². The minimum Gasteiger partial charge on any atom is -0.492 e. The number of aliphatic hydroxyl groups excluding tert-OH is 1. The largest absolute Gasteiger partial charge is 0.511 e. The molecule has 2 aliphatic heterocycles. The summed E-state index contributed by atoms with van der Waals surface area (Å²) in [5, 5.41) is 31.1. The molecule has 4 aromatic rings. The molecule has 3 unspecified atom stereocenters. The van der Waals surface area contributed by atoms with Crippen molar-refractivity contribution in [2.24, 2.45) is 34.5 Å². The number of allylic oxidation sites excluding steroid dienone is 4. The van der Waals surface area contributed by atoms with Crippen LogP contribution in [0, 0.1) is 46.1 Å². The molecule has 92 heavy (non-hydrogen) atoms. The second-order valence-electron chi connectivity index (χ2n) is 26.5. The van der Waals surface area contributed by atoms with Gasteiger partial charge in [-0.25, -0.2) is 28.0 Å². The molecular weight excluding hydrogens is 1200 g/mol. The molecule has 2 aromatic heterocycles. The maximum absolute atomic E-state index is 16.1. The molecular formula is C66H78F2N6O18. The first-order chi connectivity index (χ1) is 44.0. The quantitative estimate of drug-likeness (QED) is 0.0431. The van der Waals surface area contributed by atoms with Gasteiger partial charge >= 0.3 is 24.2 Å². The summed E-state index contributed by atoms with van der Waals surface area (Å²) in [6, 6.07) is 1.98. The first kappa shape index (κ1) is 64.2. The third kappa shape index (κ3) is 11.7. The van der Waals surface area contributed by atoms with Crippen LogP contribution in [0.15, 0.2) is 57.9 Å². The van der Waals surface area contributed by atoms with Crippen LogP contribution in [0.4, 0.5) is 29.7 Å². The molecule has 0 amide bonds. The fourth-order valence-corrected chi connectivity index (χ4v) is 16.0. The monoisotopic (exact) mass is 1280 g/mol. The zero-order chi connectivity index (χ0) is 65.3. The number of hydrogen-bond donors (Lipinski definition) is 4. The number of hydrogen-bond acceptors (Lipinski definition) is 22. The number of ether oxygens (including phenoxy) is 8. The van der Waals surface area contributed by atoms with Crippen molar-refractivity contribution in [1.29, 1.82) is 0 Å². The Morgan fingerprint density at radius 3 is 1.67 bits per heavy atom. The SMILES string of the molecule is COc1c(N2CCNC(C)C2)c(F)cc2c(=O)c(C(=O)OCOC(=O)OCC(COC(=O)OCOC(=O)c3cn(C4CC4)c4c(OC)c(N5CCNC(C)C5)c(F)cc4c3=O)CC(=O)[C@]3(O)CC[C@@H]4[C@H]5CCC6=CC(=O)C=C[C@@]6(C)C5[C@H](O)C[C@]43C)cn(C3CC3)c12. The summed E-state index contributed by atoms with van der Waals surface area (Å²) in [7, 11) is 2.77. The van der Waals surface area contributed by atoms with Crippen LogP contribution >= 0.6 is 0 Å². The summed E-state index contributed by atoms with van der Waals surface area (Å²) in [6.07, 6.45) is 7.82. The Labute approximate surface area is 528 Å². The normalized spacial score (nSPS) is 27.9. The number of nitrogens with one attached hydrogen (secondary N) is 2. The smallest absolute Gasteiger partial charge is 0.492 e. The number of benzene rings is 2. The number of Topliss-reactive ketones (excluding diaryl/α,β-unsaturated/α-hetero) is 1. The number of anilines is 2. The molecule has 4 heterocycles. The summed E-state index contributed by atoms with van der Waals surface area (Å²) in [5.74, 6) is -6.21. The summed E-state index contributed by atoms with van der Waals surface area (Å²) in [5.41, 5.74) is -4.47.